The van der Waals surface area contributed by atoms with Crippen molar-refractivity contribution in [3.8, 4) is 11.8 Å². The van der Waals surface area contributed by atoms with E-state index in [2.05, 4.69) is 22.1 Å². The number of nitrogens with zero attached hydrogens (tertiary/aromatic N) is 1. The summed E-state index contributed by atoms with van der Waals surface area (Å²) >= 11 is 1.30. The van der Waals surface area contributed by atoms with Crippen molar-refractivity contribution < 1.29 is 9.90 Å². The first-order valence-corrected chi connectivity index (χ1v) is 5.43. The number of aliphatic hydroxyl groups is 1. The van der Waals surface area contributed by atoms with Crippen LogP contribution in [0.3, 0.4) is 0 Å². The van der Waals surface area contributed by atoms with Gasteiger partial charge in [0.05, 0.1) is 11.1 Å². The summed E-state index contributed by atoms with van der Waals surface area (Å²) in [5.74, 6) is 5.21. The van der Waals surface area contributed by atoms with Gasteiger partial charge in [-0.3, -0.25) is 4.79 Å². The van der Waals surface area contributed by atoms with Crippen molar-refractivity contribution >= 4 is 22.4 Å². The second-order valence-electron chi connectivity index (χ2n) is 2.79. The molecule has 2 N–H and O–H groups in total. The molecule has 0 unspecified atom stereocenters. The van der Waals surface area contributed by atoms with Crippen LogP contribution in [0.25, 0.3) is 0 Å². The molecule has 1 aromatic heterocycles. The van der Waals surface area contributed by atoms with Gasteiger partial charge in [0.25, 0.3) is 0 Å². The minimum Gasteiger partial charge on any atom is -0.384 e. The van der Waals surface area contributed by atoms with Crippen molar-refractivity contribution in [3.05, 3.63) is 11.1 Å². The summed E-state index contributed by atoms with van der Waals surface area (Å²) in [5.41, 5.74) is 0. The van der Waals surface area contributed by atoms with Crippen LogP contribution in [0.15, 0.2) is 6.20 Å². The van der Waals surface area contributed by atoms with Crippen LogP contribution in [0.2, 0.25) is 0 Å². The van der Waals surface area contributed by atoms with Crippen molar-refractivity contribution in [3.63, 3.8) is 0 Å². The van der Waals surface area contributed by atoms with Gasteiger partial charge < -0.3 is 10.4 Å². The molecule has 1 heterocycles. The van der Waals surface area contributed by atoms with E-state index in [-0.39, 0.29) is 12.5 Å². The molecule has 0 atom stereocenters. The predicted octanol–water partition coefficient (Wildman–Crippen LogP) is 1.23. The molecule has 0 saturated carbocycles. The van der Waals surface area contributed by atoms with Crippen LogP contribution in [0, 0.1) is 11.8 Å². The molecule has 0 aliphatic carbocycles. The molecule has 0 spiro atoms. The molecule has 0 radical (unpaired) electrons. The number of anilines is 1. The van der Waals surface area contributed by atoms with E-state index >= 15 is 0 Å². The molecule has 5 heteroatoms. The average molecular weight is 224 g/mol. The largest absolute Gasteiger partial charge is 0.384 e. The van der Waals surface area contributed by atoms with Crippen molar-refractivity contribution in [1.29, 1.82) is 0 Å². The third kappa shape index (κ3) is 4.11. The number of nitrogens with one attached hydrogen (secondary N) is 1. The monoisotopic (exact) mass is 224 g/mol. The molecule has 1 rings (SSSR count). The Morgan fingerprint density at radius 3 is 3.20 bits per heavy atom. The van der Waals surface area contributed by atoms with Gasteiger partial charge in [0.2, 0.25) is 5.91 Å². The van der Waals surface area contributed by atoms with Gasteiger partial charge in [0.1, 0.15) is 6.61 Å². The second kappa shape index (κ2) is 6.17. The number of rotatable bonds is 3. The first kappa shape index (κ1) is 11.7. The maximum absolute atomic E-state index is 11.2. The molecule has 0 fully saturated rings. The van der Waals surface area contributed by atoms with E-state index in [0.717, 1.165) is 11.3 Å². The van der Waals surface area contributed by atoms with Gasteiger partial charge in [-0.25, -0.2) is 4.98 Å². The number of aromatic nitrogens is 1. The summed E-state index contributed by atoms with van der Waals surface area (Å²) in [6.45, 7) is 1.77. The number of hydrogen-bond acceptors (Lipinski definition) is 4. The molecule has 0 bridgehead atoms. The van der Waals surface area contributed by atoms with Gasteiger partial charge in [0, 0.05) is 6.42 Å². The molecular weight excluding hydrogens is 212 g/mol. The summed E-state index contributed by atoms with van der Waals surface area (Å²) in [6, 6.07) is 0. The third-order valence-electron chi connectivity index (χ3n) is 1.52. The molecular formula is C10H12N2O2S. The molecule has 0 saturated heterocycles. The van der Waals surface area contributed by atoms with E-state index < -0.39 is 0 Å². The highest BCUT2D eigenvalue weighted by Gasteiger charge is 2.04. The zero-order chi connectivity index (χ0) is 11.1. The highest BCUT2D eigenvalue weighted by atomic mass is 32.1. The van der Waals surface area contributed by atoms with E-state index in [1.807, 2.05) is 6.92 Å². The van der Waals surface area contributed by atoms with Crippen molar-refractivity contribution in [2.45, 2.75) is 19.8 Å². The van der Waals surface area contributed by atoms with Gasteiger partial charge in [-0.2, -0.15) is 0 Å². The molecule has 0 aliphatic rings. The highest BCUT2D eigenvalue weighted by Crippen LogP contribution is 2.17. The summed E-state index contributed by atoms with van der Waals surface area (Å²) in [6.07, 6.45) is 2.89. The Hall–Kier alpha value is -1.38. The topological polar surface area (TPSA) is 62.2 Å². The second-order valence-corrected chi connectivity index (χ2v) is 3.82. The SMILES string of the molecule is CCCC(=O)Nc1ncc(C#CCO)s1. The van der Waals surface area contributed by atoms with Crippen molar-refractivity contribution in [2.24, 2.45) is 0 Å². The van der Waals surface area contributed by atoms with E-state index in [1.54, 1.807) is 6.20 Å². The molecule has 80 valence electrons. The van der Waals surface area contributed by atoms with Gasteiger partial charge >= 0.3 is 0 Å². The number of carbonyl (C=O) groups excluding carboxylic acids is 1. The Labute approximate surface area is 92.4 Å². The minimum atomic E-state index is -0.171. The lowest BCUT2D eigenvalue weighted by molar-refractivity contribution is -0.116. The Kier molecular flexibility index (Phi) is 4.81. The summed E-state index contributed by atoms with van der Waals surface area (Å²) in [5, 5.41) is 11.7. The Balaban J connectivity index is 2.56. The van der Waals surface area contributed by atoms with E-state index in [9.17, 15) is 4.79 Å². The van der Waals surface area contributed by atoms with E-state index in [1.165, 1.54) is 11.3 Å². The standard InChI is InChI=1S/C10H12N2O2S/c1-2-4-9(14)12-10-11-7-8(15-10)5-3-6-13/h7,13H,2,4,6H2,1H3,(H,11,12,14). The fourth-order valence-corrected chi connectivity index (χ4v) is 1.63. The zero-order valence-corrected chi connectivity index (χ0v) is 9.23. The first-order chi connectivity index (χ1) is 7.26. The zero-order valence-electron chi connectivity index (χ0n) is 8.41. The number of amides is 1. The normalized spacial score (nSPS) is 9.20. The van der Waals surface area contributed by atoms with Gasteiger partial charge in [-0.15, -0.1) is 0 Å². The van der Waals surface area contributed by atoms with Crippen LogP contribution in [-0.2, 0) is 4.79 Å². The summed E-state index contributed by atoms with van der Waals surface area (Å²) in [4.78, 5) is 15.9. The van der Waals surface area contributed by atoms with Crippen LogP contribution in [-0.4, -0.2) is 22.6 Å². The number of thiazole rings is 1. The lowest BCUT2D eigenvalue weighted by Crippen LogP contribution is -2.09. The van der Waals surface area contributed by atoms with Crippen molar-refractivity contribution in [1.82, 2.24) is 4.98 Å². The number of carbonyl (C=O) groups is 1. The predicted molar refractivity (Wildman–Crippen MR) is 59.6 cm³/mol. The van der Waals surface area contributed by atoms with Crippen molar-refractivity contribution in [2.75, 3.05) is 11.9 Å². The highest BCUT2D eigenvalue weighted by molar-refractivity contribution is 7.16. The Morgan fingerprint density at radius 1 is 1.73 bits per heavy atom. The van der Waals surface area contributed by atoms with Crippen LogP contribution < -0.4 is 5.32 Å². The van der Waals surface area contributed by atoms with E-state index in [4.69, 9.17) is 5.11 Å². The molecule has 15 heavy (non-hydrogen) atoms. The van der Waals surface area contributed by atoms with Gasteiger partial charge in [-0.05, 0) is 6.42 Å². The molecule has 4 nitrogen and oxygen atoms in total. The molecule has 1 aromatic rings. The minimum absolute atomic E-state index is 0.0338. The maximum atomic E-state index is 11.2. The first-order valence-electron chi connectivity index (χ1n) is 4.61. The summed E-state index contributed by atoms with van der Waals surface area (Å²) < 4.78 is 0. The van der Waals surface area contributed by atoms with Crippen LogP contribution in [0.1, 0.15) is 24.6 Å². The average Bonchev–Trinajstić information content (AvgIpc) is 2.63. The lowest BCUT2D eigenvalue weighted by atomic mass is 10.3. The van der Waals surface area contributed by atoms with Crippen LogP contribution in [0.4, 0.5) is 5.13 Å². The lowest BCUT2D eigenvalue weighted by Gasteiger charge is -1.97. The van der Waals surface area contributed by atoms with Crippen LogP contribution >= 0.6 is 11.3 Å². The quantitative estimate of drug-likeness (QED) is 0.759. The molecule has 0 aromatic carbocycles. The maximum Gasteiger partial charge on any atom is 0.226 e. The smallest absolute Gasteiger partial charge is 0.226 e. The number of aliphatic hydroxyl groups excluding tert-OH is 1. The Bertz CT molecular complexity index is 390. The van der Waals surface area contributed by atoms with Crippen LogP contribution in [0.5, 0.6) is 0 Å². The van der Waals surface area contributed by atoms with E-state index in [0.29, 0.717) is 11.6 Å². The molecule has 0 aliphatic heterocycles. The fraction of sp³-hybridized carbons (Fsp3) is 0.400. The number of hydrogen-bond donors (Lipinski definition) is 2. The Morgan fingerprint density at radius 2 is 2.53 bits per heavy atom. The molecule has 1 amide bonds. The fourth-order valence-electron chi connectivity index (χ4n) is 0.925. The summed E-state index contributed by atoms with van der Waals surface area (Å²) in [7, 11) is 0. The van der Waals surface area contributed by atoms with Gasteiger partial charge in [-0.1, -0.05) is 30.1 Å². The third-order valence-corrected chi connectivity index (χ3v) is 2.35. The van der Waals surface area contributed by atoms with Gasteiger partial charge in [0.15, 0.2) is 5.13 Å².